The van der Waals surface area contributed by atoms with Gasteiger partial charge in [0.1, 0.15) is 18.4 Å². The van der Waals surface area contributed by atoms with Crippen molar-refractivity contribution in [1.29, 1.82) is 0 Å². The Morgan fingerprint density at radius 3 is 2.95 bits per heavy atom. The second kappa shape index (κ2) is 5.59. The number of piperazine rings is 1. The van der Waals surface area contributed by atoms with Crippen molar-refractivity contribution in [3.8, 4) is 0 Å². The van der Waals surface area contributed by atoms with Gasteiger partial charge < -0.3 is 20.7 Å². The highest BCUT2D eigenvalue weighted by molar-refractivity contribution is 5.90. The number of imidazole rings is 1. The van der Waals surface area contributed by atoms with E-state index < -0.39 is 24.1 Å². The van der Waals surface area contributed by atoms with Crippen LogP contribution in [0, 0.1) is 0 Å². The van der Waals surface area contributed by atoms with E-state index in [0.717, 1.165) is 4.90 Å². The SMILES string of the molecule is CC(NC(=O)N1CC(=O)NCC1C(=O)O)c1ncc[nH]1. The molecule has 0 spiro atoms. The molecule has 1 aromatic heterocycles. The lowest BCUT2D eigenvalue weighted by molar-refractivity contribution is -0.144. The molecule has 0 aliphatic carbocycles. The number of carboxylic acid groups (broad SMARTS) is 1. The molecule has 1 saturated heterocycles. The Morgan fingerprint density at radius 1 is 1.60 bits per heavy atom. The number of carbonyl (C=O) groups excluding carboxylic acids is 2. The van der Waals surface area contributed by atoms with E-state index in [0.29, 0.717) is 5.82 Å². The molecule has 4 N–H and O–H groups in total. The molecule has 0 bridgehead atoms. The summed E-state index contributed by atoms with van der Waals surface area (Å²) in [5.41, 5.74) is 0. The van der Waals surface area contributed by atoms with Crippen LogP contribution in [0.3, 0.4) is 0 Å². The summed E-state index contributed by atoms with van der Waals surface area (Å²) in [5.74, 6) is -0.999. The second-order valence-electron chi connectivity index (χ2n) is 4.43. The fraction of sp³-hybridized carbons (Fsp3) is 0.455. The van der Waals surface area contributed by atoms with Gasteiger partial charge in [0.05, 0.1) is 6.04 Å². The Hall–Kier alpha value is -2.58. The first kappa shape index (κ1) is 13.8. The second-order valence-corrected chi connectivity index (χ2v) is 4.43. The van der Waals surface area contributed by atoms with Crippen LogP contribution in [0.2, 0.25) is 0 Å². The molecule has 108 valence electrons. The Morgan fingerprint density at radius 2 is 2.35 bits per heavy atom. The fourth-order valence-electron chi connectivity index (χ4n) is 1.93. The van der Waals surface area contributed by atoms with Crippen molar-refractivity contribution in [3.63, 3.8) is 0 Å². The van der Waals surface area contributed by atoms with E-state index in [1.807, 2.05) is 0 Å². The number of nitrogens with one attached hydrogen (secondary N) is 3. The average Bonchev–Trinajstić information content (AvgIpc) is 2.92. The van der Waals surface area contributed by atoms with Gasteiger partial charge >= 0.3 is 12.0 Å². The Labute approximate surface area is 114 Å². The number of aromatic amines is 1. The monoisotopic (exact) mass is 281 g/mol. The third-order valence-corrected chi connectivity index (χ3v) is 3.00. The van der Waals surface area contributed by atoms with Crippen molar-refractivity contribution in [3.05, 3.63) is 18.2 Å². The molecule has 2 heterocycles. The van der Waals surface area contributed by atoms with Gasteiger partial charge in [-0.2, -0.15) is 0 Å². The van der Waals surface area contributed by atoms with E-state index in [4.69, 9.17) is 5.11 Å². The third-order valence-electron chi connectivity index (χ3n) is 3.00. The number of carbonyl (C=O) groups is 3. The average molecular weight is 281 g/mol. The number of amides is 3. The number of hydrogen-bond acceptors (Lipinski definition) is 4. The first-order valence-corrected chi connectivity index (χ1v) is 6.05. The molecule has 1 aliphatic heterocycles. The maximum Gasteiger partial charge on any atom is 0.328 e. The fourth-order valence-corrected chi connectivity index (χ4v) is 1.93. The predicted molar refractivity (Wildman–Crippen MR) is 66.7 cm³/mol. The van der Waals surface area contributed by atoms with Crippen molar-refractivity contribution >= 4 is 17.9 Å². The van der Waals surface area contributed by atoms with Crippen LogP contribution < -0.4 is 10.6 Å². The molecule has 3 amide bonds. The summed E-state index contributed by atoms with van der Waals surface area (Å²) in [6.07, 6.45) is 3.17. The molecule has 9 nitrogen and oxygen atoms in total. The minimum atomic E-state index is -1.16. The van der Waals surface area contributed by atoms with Crippen molar-refractivity contribution in [2.24, 2.45) is 0 Å². The number of aromatic nitrogens is 2. The maximum atomic E-state index is 12.1. The van der Waals surface area contributed by atoms with E-state index in [2.05, 4.69) is 20.6 Å². The number of nitrogens with zero attached hydrogens (tertiary/aromatic N) is 2. The van der Waals surface area contributed by atoms with Crippen LogP contribution >= 0.6 is 0 Å². The predicted octanol–water partition coefficient (Wildman–Crippen LogP) is -0.935. The first-order chi connectivity index (χ1) is 9.49. The molecule has 9 heteroatoms. The number of urea groups is 1. The summed E-state index contributed by atoms with van der Waals surface area (Å²) < 4.78 is 0. The summed E-state index contributed by atoms with van der Waals surface area (Å²) in [6.45, 7) is 1.32. The smallest absolute Gasteiger partial charge is 0.328 e. The third kappa shape index (κ3) is 2.87. The molecule has 0 radical (unpaired) electrons. The van der Waals surface area contributed by atoms with Crippen LogP contribution in [0.5, 0.6) is 0 Å². The van der Waals surface area contributed by atoms with E-state index >= 15 is 0 Å². The maximum absolute atomic E-state index is 12.1. The summed E-state index contributed by atoms with van der Waals surface area (Å²) >= 11 is 0. The lowest BCUT2D eigenvalue weighted by Crippen LogP contribution is -2.61. The standard InChI is InChI=1S/C11H15N5O4/c1-6(9-12-2-3-13-9)15-11(20)16-5-8(17)14-4-7(16)10(18)19/h2-3,6-7H,4-5H2,1H3,(H,12,13)(H,14,17)(H,15,20)(H,18,19). The lowest BCUT2D eigenvalue weighted by Gasteiger charge is -2.33. The van der Waals surface area contributed by atoms with Crippen LogP contribution in [0.15, 0.2) is 12.4 Å². The largest absolute Gasteiger partial charge is 0.480 e. The van der Waals surface area contributed by atoms with Gasteiger partial charge in [0.15, 0.2) is 0 Å². The van der Waals surface area contributed by atoms with Gasteiger partial charge in [-0.15, -0.1) is 0 Å². The normalized spacial score (nSPS) is 20.1. The zero-order valence-corrected chi connectivity index (χ0v) is 10.8. The first-order valence-electron chi connectivity index (χ1n) is 6.05. The molecule has 1 aliphatic rings. The van der Waals surface area contributed by atoms with Crippen LogP contribution in [0.1, 0.15) is 18.8 Å². The van der Waals surface area contributed by atoms with Crippen LogP contribution in [0.4, 0.5) is 4.79 Å². The minimum absolute atomic E-state index is 0.100. The van der Waals surface area contributed by atoms with Crippen molar-refractivity contribution in [2.75, 3.05) is 13.1 Å². The molecule has 20 heavy (non-hydrogen) atoms. The summed E-state index contributed by atoms with van der Waals surface area (Å²) in [5, 5.41) is 14.1. The van der Waals surface area contributed by atoms with Gasteiger partial charge in [0.2, 0.25) is 5.91 Å². The Balaban J connectivity index is 2.05. The summed E-state index contributed by atoms with van der Waals surface area (Å²) in [6, 6.07) is -2.11. The zero-order valence-electron chi connectivity index (χ0n) is 10.8. The molecule has 2 rings (SSSR count). The highest BCUT2D eigenvalue weighted by Gasteiger charge is 2.35. The number of carboxylic acids is 1. The summed E-state index contributed by atoms with van der Waals surface area (Å²) in [7, 11) is 0. The van der Waals surface area contributed by atoms with Gasteiger partial charge in [-0.1, -0.05) is 0 Å². The van der Waals surface area contributed by atoms with E-state index in [9.17, 15) is 14.4 Å². The molecule has 1 aromatic rings. The van der Waals surface area contributed by atoms with Gasteiger partial charge in [0, 0.05) is 18.9 Å². The Kier molecular flexibility index (Phi) is 3.87. The van der Waals surface area contributed by atoms with Crippen molar-refractivity contribution in [2.45, 2.75) is 19.0 Å². The van der Waals surface area contributed by atoms with Crippen LogP contribution in [0.25, 0.3) is 0 Å². The van der Waals surface area contributed by atoms with Gasteiger partial charge in [0.25, 0.3) is 0 Å². The van der Waals surface area contributed by atoms with Gasteiger partial charge in [-0.25, -0.2) is 14.6 Å². The van der Waals surface area contributed by atoms with Crippen LogP contribution in [-0.4, -0.2) is 57.0 Å². The minimum Gasteiger partial charge on any atom is -0.480 e. The molecular weight excluding hydrogens is 266 g/mol. The highest BCUT2D eigenvalue weighted by Crippen LogP contribution is 2.09. The number of hydrogen-bond donors (Lipinski definition) is 4. The number of rotatable bonds is 3. The molecule has 1 fully saturated rings. The van der Waals surface area contributed by atoms with E-state index in [1.165, 1.54) is 0 Å². The number of aliphatic carboxylic acids is 1. The van der Waals surface area contributed by atoms with Crippen molar-refractivity contribution < 1.29 is 19.5 Å². The van der Waals surface area contributed by atoms with Crippen molar-refractivity contribution in [1.82, 2.24) is 25.5 Å². The van der Waals surface area contributed by atoms with E-state index in [1.54, 1.807) is 19.3 Å². The van der Waals surface area contributed by atoms with Gasteiger partial charge in [-0.3, -0.25) is 9.69 Å². The molecule has 2 atom stereocenters. The zero-order chi connectivity index (χ0) is 14.7. The quantitative estimate of drug-likeness (QED) is 0.569. The summed E-state index contributed by atoms with van der Waals surface area (Å²) in [4.78, 5) is 42.4. The number of H-pyrrole nitrogens is 1. The molecule has 2 unspecified atom stereocenters. The molecule has 0 aromatic carbocycles. The topological polar surface area (TPSA) is 127 Å². The van der Waals surface area contributed by atoms with Crippen LogP contribution in [-0.2, 0) is 9.59 Å². The molecular formula is C11H15N5O4. The van der Waals surface area contributed by atoms with E-state index in [-0.39, 0.29) is 19.0 Å². The Bertz CT molecular complexity index is 515. The highest BCUT2D eigenvalue weighted by atomic mass is 16.4. The van der Waals surface area contributed by atoms with Gasteiger partial charge in [-0.05, 0) is 6.92 Å². The molecule has 0 saturated carbocycles. The lowest BCUT2D eigenvalue weighted by atomic mass is 10.2.